The van der Waals surface area contributed by atoms with Crippen molar-refractivity contribution in [3.05, 3.63) is 81.7 Å². The Morgan fingerprint density at radius 2 is 1.96 bits per heavy atom. The number of hydrogen-bond acceptors (Lipinski definition) is 8. The minimum atomic E-state index is -1.10. The first-order valence-corrected chi connectivity index (χ1v) is 18.3. The number of nitrogens with zero attached hydrogens (tertiary/aromatic N) is 1. The fourth-order valence-electron chi connectivity index (χ4n) is 8.43. The summed E-state index contributed by atoms with van der Waals surface area (Å²) in [5, 5.41) is 45.0. The zero-order chi connectivity index (χ0) is 33.2. The van der Waals surface area contributed by atoms with Crippen molar-refractivity contribution in [2.24, 2.45) is 5.41 Å². The zero-order valence-corrected chi connectivity index (χ0v) is 28.7. The van der Waals surface area contributed by atoms with Gasteiger partial charge in [-0.05, 0) is 105 Å². The molecule has 2 heterocycles. The predicted molar refractivity (Wildman–Crippen MR) is 187 cm³/mol. The summed E-state index contributed by atoms with van der Waals surface area (Å²) in [4.78, 5) is 17.3. The maximum Gasteiger partial charge on any atom is 0.203 e. The second-order valence-electron chi connectivity index (χ2n) is 14.6. The third-order valence-electron chi connectivity index (χ3n) is 11.2. The molecule has 1 saturated heterocycles. The van der Waals surface area contributed by atoms with Crippen LogP contribution in [0.2, 0.25) is 0 Å². The molecule has 1 aliphatic heterocycles. The Kier molecular flexibility index (Phi) is 10.7. The van der Waals surface area contributed by atoms with E-state index in [2.05, 4.69) is 37.0 Å². The van der Waals surface area contributed by atoms with E-state index in [1.807, 2.05) is 36.4 Å². The van der Waals surface area contributed by atoms with Crippen molar-refractivity contribution in [3.8, 4) is 0 Å². The van der Waals surface area contributed by atoms with Crippen molar-refractivity contribution < 1.29 is 30.0 Å². The summed E-state index contributed by atoms with van der Waals surface area (Å²) in [5.41, 5.74) is 2.13. The fraction of sp³-hybridized carbons (Fsp3) is 0.564. The molecular weight excluding hydrogens is 610 g/mol. The number of carbonyl (C=O) groups is 1. The summed E-state index contributed by atoms with van der Waals surface area (Å²) in [6.45, 7) is 5.89. The van der Waals surface area contributed by atoms with E-state index in [1.165, 1.54) is 16.9 Å². The molecule has 1 aromatic heterocycles. The second kappa shape index (κ2) is 14.6. The molecule has 6 unspecified atom stereocenters. The lowest BCUT2D eigenvalue weighted by atomic mass is 9.64. The number of rotatable bonds is 9. The summed E-state index contributed by atoms with van der Waals surface area (Å²) < 4.78 is 7.03. The van der Waals surface area contributed by atoms with Crippen molar-refractivity contribution in [3.63, 3.8) is 0 Å². The molecule has 6 atom stereocenters. The monoisotopic (exact) mass is 661 g/mol. The molecule has 4 N–H and O–H groups in total. The van der Waals surface area contributed by atoms with Crippen LogP contribution >= 0.6 is 11.3 Å². The van der Waals surface area contributed by atoms with Gasteiger partial charge in [0.2, 0.25) is 5.78 Å². The Bertz CT molecular complexity index is 1550. The topological polar surface area (TPSA) is 110 Å². The lowest BCUT2D eigenvalue weighted by molar-refractivity contribution is -0.0945. The molecular formula is C39H51NO6S. The molecule has 0 radical (unpaired) electrons. The van der Waals surface area contributed by atoms with Gasteiger partial charge in [0, 0.05) is 41.9 Å². The van der Waals surface area contributed by atoms with E-state index in [0.29, 0.717) is 42.8 Å². The highest BCUT2D eigenvalue weighted by Gasteiger charge is 2.57. The molecule has 4 aliphatic rings. The number of allylic oxidation sites excluding steroid dienone is 2. The molecule has 7 rings (SSSR count). The SMILES string of the molecule is CC1=CCCC2(C)C(CCC2(O)CN(CC(O)CO)CC2CCCO2)c2ccc(cc2C(=O)c2cc3ccccc3s2)CC(O)CC1. The molecule has 3 aromatic rings. The van der Waals surface area contributed by atoms with Gasteiger partial charge < -0.3 is 25.2 Å². The highest BCUT2D eigenvalue weighted by atomic mass is 32.1. The van der Waals surface area contributed by atoms with Gasteiger partial charge in [0.15, 0.2) is 0 Å². The Hall–Kier alpha value is -2.43. The summed E-state index contributed by atoms with van der Waals surface area (Å²) in [5.74, 6) is -0.0898. The van der Waals surface area contributed by atoms with Gasteiger partial charge in [-0.3, -0.25) is 9.69 Å². The first-order valence-electron chi connectivity index (χ1n) is 17.4. The smallest absolute Gasteiger partial charge is 0.203 e. The lowest BCUT2D eigenvalue weighted by Gasteiger charge is -2.46. The van der Waals surface area contributed by atoms with Crippen molar-refractivity contribution in [1.29, 1.82) is 0 Å². The van der Waals surface area contributed by atoms with Crippen LogP contribution in [0.15, 0.2) is 60.2 Å². The number of fused-ring (bicyclic) bond motifs is 9. The van der Waals surface area contributed by atoms with Crippen LogP contribution in [-0.2, 0) is 11.2 Å². The van der Waals surface area contributed by atoms with Gasteiger partial charge in [0.25, 0.3) is 0 Å². The Balaban J connectivity index is 1.41. The second-order valence-corrected chi connectivity index (χ2v) is 15.7. The largest absolute Gasteiger partial charge is 0.394 e. The average Bonchev–Trinajstić information content (AvgIpc) is 3.78. The van der Waals surface area contributed by atoms with E-state index in [-0.39, 0.29) is 31.0 Å². The molecule has 2 bridgehead atoms. The number of aliphatic hydroxyl groups is 4. The molecule has 254 valence electrons. The normalized spacial score (nSPS) is 29.2. The quantitative estimate of drug-likeness (QED) is 0.164. The van der Waals surface area contributed by atoms with E-state index in [1.54, 1.807) is 0 Å². The Labute approximate surface area is 282 Å². The van der Waals surface area contributed by atoms with Gasteiger partial charge in [0.1, 0.15) is 0 Å². The average molecular weight is 662 g/mol. The predicted octanol–water partition coefficient (Wildman–Crippen LogP) is 6.01. The van der Waals surface area contributed by atoms with Crippen molar-refractivity contribution in [2.45, 2.75) is 101 Å². The summed E-state index contributed by atoms with van der Waals surface area (Å²) in [6, 6.07) is 16.2. The van der Waals surface area contributed by atoms with Gasteiger partial charge in [-0.2, -0.15) is 0 Å². The van der Waals surface area contributed by atoms with Crippen LogP contribution in [0, 0.1) is 5.41 Å². The first-order chi connectivity index (χ1) is 22.6. The molecule has 2 aromatic carbocycles. The molecule has 47 heavy (non-hydrogen) atoms. The van der Waals surface area contributed by atoms with Gasteiger partial charge in [-0.15, -0.1) is 11.3 Å². The fourth-order valence-corrected chi connectivity index (χ4v) is 9.45. The van der Waals surface area contributed by atoms with Crippen LogP contribution in [0.3, 0.4) is 0 Å². The van der Waals surface area contributed by atoms with E-state index in [4.69, 9.17) is 4.74 Å². The molecule has 0 spiro atoms. The Morgan fingerprint density at radius 3 is 2.72 bits per heavy atom. The van der Waals surface area contributed by atoms with Crippen LogP contribution in [-0.4, -0.2) is 87.9 Å². The minimum absolute atomic E-state index is 0.00996. The van der Waals surface area contributed by atoms with E-state index in [0.717, 1.165) is 66.3 Å². The number of aliphatic hydroxyl groups excluding tert-OH is 3. The molecule has 8 heteroatoms. The molecule has 1 saturated carbocycles. The maximum atomic E-state index is 14.5. The van der Waals surface area contributed by atoms with Crippen molar-refractivity contribution >= 4 is 27.2 Å². The molecule has 2 fully saturated rings. The summed E-state index contributed by atoms with van der Waals surface area (Å²) >= 11 is 1.51. The van der Waals surface area contributed by atoms with Gasteiger partial charge in [-0.1, -0.05) is 48.9 Å². The highest BCUT2D eigenvalue weighted by molar-refractivity contribution is 7.21. The number of carbonyl (C=O) groups excluding carboxylic acids is 1. The third kappa shape index (κ3) is 7.44. The van der Waals surface area contributed by atoms with Crippen molar-refractivity contribution in [2.75, 3.05) is 32.8 Å². The van der Waals surface area contributed by atoms with Crippen LogP contribution in [0.25, 0.3) is 10.1 Å². The molecule has 0 amide bonds. The molecule has 3 aliphatic carbocycles. The van der Waals surface area contributed by atoms with E-state index < -0.39 is 23.2 Å². The number of ether oxygens (including phenoxy) is 1. The number of ketones is 1. The minimum Gasteiger partial charge on any atom is -0.394 e. The van der Waals surface area contributed by atoms with E-state index >= 15 is 0 Å². The van der Waals surface area contributed by atoms with Crippen molar-refractivity contribution in [1.82, 2.24) is 4.90 Å². The number of benzene rings is 2. The van der Waals surface area contributed by atoms with Crippen LogP contribution < -0.4 is 0 Å². The molecule has 7 nitrogen and oxygen atoms in total. The maximum absolute atomic E-state index is 14.5. The van der Waals surface area contributed by atoms with E-state index in [9.17, 15) is 25.2 Å². The summed E-state index contributed by atoms with van der Waals surface area (Å²) in [7, 11) is 0. The third-order valence-corrected chi connectivity index (χ3v) is 12.3. The highest BCUT2D eigenvalue weighted by Crippen LogP contribution is 2.59. The van der Waals surface area contributed by atoms with Crippen LogP contribution in [0.1, 0.15) is 97.5 Å². The van der Waals surface area contributed by atoms with Crippen LogP contribution in [0.5, 0.6) is 0 Å². The Morgan fingerprint density at radius 1 is 1.13 bits per heavy atom. The van der Waals surface area contributed by atoms with Crippen LogP contribution in [0.4, 0.5) is 0 Å². The van der Waals surface area contributed by atoms with Gasteiger partial charge in [-0.25, -0.2) is 0 Å². The number of hydrogen-bond donors (Lipinski definition) is 4. The number of thiophene rings is 1. The lowest BCUT2D eigenvalue weighted by Crippen LogP contribution is -2.55. The first kappa shape index (κ1) is 34.4. The standard InChI is InChI=1S/C39H51NO6S/c1-26-7-5-16-38(2)34(15-17-39(38,45)25-40(22-30(43)24-41)23-31-9-6-18-46-31)32-14-12-27(19-29(42)13-11-26)20-33(32)37(44)36-21-28-8-3-4-10-35(28)47-36/h3-4,7-8,10,12,14,20-21,29-31,34,41-43,45H,5-6,9,11,13,15-19,22-25H2,1-2H3. The zero-order valence-electron chi connectivity index (χ0n) is 27.9. The van der Waals surface area contributed by atoms with Gasteiger partial charge in [0.05, 0.1) is 35.4 Å². The summed E-state index contributed by atoms with van der Waals surface area (Å²) in [6.07, 6.45) is 7.55. The van der Waals surface area contributed by atoms with Gasteiger partial charge >= 0.3 is 0 Å².